The fourth-order valence-corrected chi connectivity index (χ4v) is 9.55. The number of carbonyl (C=O) groups excluding carboxylic acids is 2. The van der Waals surface area contributed by atoms with Crippen molar-refractivity contribution in [3.05, 3.63) is 46.9 Å². The highest BCUT2D eigenvalue weighted by molar-refractivity contribution is 5.81. The van der Waals surface area contributed by atoms with Gasteiger partial charge in [0.15, 0.2) is 5.82 Å². The Morgan fingerprint density at radius 3 is 2.47 bits per heavy atom. The maximum Gasteiger partial charge on any atom is 0.264 e. The molecular formula is C35H42F2N8O2. The van der Waals surface area contributed by atoms with Crippen LogP contribution in [0, 0.1) is 16.7 Å². The topological polar surface area (TPSA) is 91.5 Å². The minimum atomic E-state index is -2.64. The average molecular weight is 645 g/mol. The van der Waals surface area contributed by atoms with Crippen LogP contribution in [0.3, 0.4) is 0 Å². The van der Waals surface area contributed by atoms with Crippen molar-refractivity contribution in [1.82, 2.24) is 34.7 Å². The van der Waals surface area contributed by atoms with Gasteiger partial charge < -0.3 is 20.0 Å². The van der Waals surface area contributed by atoms with Crippen molar-refractivity contribution in [2.45, 2.75) is 70.9 Å². The molecule has 9 rings (SSSR count). The van der Waals surface area contributed by atoms with Gasteiger partial charge in [0, 0.05) is 105 Å². The second-order valence-electron chi connectivity index (χ2n) is 15.4. The summed E-state index contributed by atoms with van der Waals surface area (Å²) in [5.41, 5.74) is 5.76. The fraction of sp³-hybridized carbons (Fsp3) is 0.600. The highest BCUT2D eigenvalue weighted by atomic mass is 19.3. The molecule has 6 aliphatic rings. The van der Waals surface area contributed by atoms with Gasteiger partial charge in [-0.2, -0.15) is 10.2 Å². The Hall–Kier alpha value is -3.80. The van der Waals surface area contributed by atoms with Crippen LogP contribution in [0.25, 0.3) is 11.1 Å². The maximum absolute atomic E-state index is 14.6. The number of fused-ring (bicyclic) bond motifs is 2. The number of carbonyl (C=O) groups is 2. The molecule has 1 aromatic carbocycles. The third-order valence-electron chi connectivity index (χ3n) is 12.1. The molecule has 0 bridgehead atoms. The van der Waals surface area contributed by atoms with E-state index in [2.05, 4.69) is 24.9 Å². The minimum Gasteiger partial charge on any atom is -0.341 e. The van der Waals surface area contributed by atoms with Gasteiger partial charge in [-0.25, -0.2) is 8.78 Å². The van der Waals surface area contributed by atoms with Crippen molar-refractivity contribution < 1.29 is 18.4 Å². The maximum atomic E-state index is 14.6. The van der Waals surface area contributed by atoms with E-state index >= 15 is 0 Å². The number of aromatic nitrogens is 4. The van der Waals surface area contributed by atoms with Crippen molar-refractivity contribution in [2.75, 3.05) is 44.2 Å². The van der Waals surface area contributed by atoms with Crippen molar-refractivity contribution >= 4 is 23.3 Å². The first-order chi connectivity index (χ1) is 22.6. The molecule has 0 radical (unpaired) electrons. The van der Waals surface area contributed by atoms with Gasteiger partial charge in [0.25, 0.3) is 6.43 Å². The van der Waals surface area contributed by atoms with E-state index in [0.717, 1.165) is 99.5 Å². The summed E-state index contributed by atoms with van der Waals surface area (Å²) in [7, 11) is 1.79. The van der Waals surface area contributed by atoms with Crippen molar-refractivity contribution in [3.8, 4) is 11.1 Å². The Labute approximate surface area is 273 Å². The molecule has 3 aromatic rings. The normalized spacial score (nSPS) is 24.0. The largest absolute Gasteiger partial charge is 0.341 e. The van der Waals surface area contributed by atoms with Gasteiger partial charge in [-0.1, -0.05) is 0 Å². The summed E-state index contributed by atoms with van der Waals surface area (Å²) in [4.78, 5) is 31.7. The molecule has 6 heterocycles. The Kier molecular flexibility index (Phi) is 6.46. The van der Waals surface area contributed by atoms with E-state index in [9.17, 15) is 18.4 Å². The van der Waals surface area contributed by atoms with Crippen LogP contribution in [0.15, 0.2) is 24.5 Å². The van der Waals surface area contributed by atoms with E-state index in [1.165, 1.54) is 0 Å². The summed E-state index contributed by atoms with van der Waals surface area (Å²) in [6, 6.07) is 3.81. The van der Waals surface area contributed by atoms with Crippen LogP contribution in [0.1, 0.15) is 73.9 Å². The van der Waals surface area contributed by atoms with Crippen LogP contribution >= 0.6 is 0 Å². The van der Waals surface area contributed by atoms with Gasteiger partial charge >= 0.3 is 0 Å². The Balaban J connectivity index is 0.992. The average Bonchev–Trinajstić information content (AvgIpc) is 3.56. The minimum absolute atomic E-state index is 0.00578. The fourth-order valence-electron chi connectivity index (χ4n) is 9.55. The van der Waals surface area contributed by atoms with Gasteiger partial charge in [-0.3, -0.25) is 19.0 Å². The monoisotopic (exact) mass is 644 g/mol. The molecular weight excluding hydrogens is 602 g/mol. The number of hydrogen-bond donors (Lipinski definition) is 1. The van der Waals surface area contributed by atoms with Gasteiger partial charge in [0.2, 0.25) is 11.8 Å². The van der Waals surface area contributed by atoms with Crippen molar-refractivity contribution in [2.24, 2.45) is 23.8 Å². The Morgan fingerprint density at radius 1 is 1.02 bits per heavy atom. The van der Waals surface area contributed by atoms with Gasteiger partial charge in [-0.05, 0) is 67.2 Å². The van der Waals surface area contributed by atoms with E-state index < -0.39 is 6.43 Å². The molecule has 2 amide bonds. The summed E-state index contributed by atoms with van der Waals surface area (Å²) in [6.07, 6.45) is 7.21. The second-order valence-corrected chi connectivity index (χ2v) is 15.4. The molecule has 2 aromatic heterocycles. The summed E-state index contributed by atoms with van der Waals surface area (Å²) in [5, 5.41) is 12.8. The highest BCUT2D eigenvalue weighted by Gasteiger charge is 2.58. The van der Waals surface area contributed by atoms with Crippen molar-refractivity contribution in [3.63, 3.8) is 0 Å². The molecule has 12 heteroatoms. The molecule has 2 spiro atoms. The lowest BCUT2D eigenvalue weighted by Gasteiger charge is -2.61. The van der Waals surface area contributed by atoms with E-state index in [1.807, 2.05) is 11.0 Å². The van der Waals surface area contributed by atoms with Crippen LogP contribution < -0.4 is 10.2 Å². The van der Waals surface area contributed by atoms with Crippen LogP contribution in [-0.4, -0.2) is 80.4 Å². The summed E-state index contributed by atoms with van der Waals surface area (Å²) in [5.74, 6) is 1.37. The first-order valence-electron chi connectivity index (χ1n) is 17.2. The molecule has 2 saturated heterocycles. The molecule has 2 aliphatic carbocycles. The molecule has 4 aliphatic heterocycles. The lowest BCUT2D eigenvalue weighted by Crippen LogP contribution is -2.68. The SMILES string of the molecule is CC(=O)N1CCc2c(c(N3CCCc4cc(-c5cnn(C)c5)c(C(F)F)cc43)nn2C2CC3(C2)CN(C(=O)C2CC4(CNC4)C2)C3)C1. The van der Waals surface area contributed by atoms with Gasteiger partial charge in [0.05, 0.1) is 18.8 Å². The predicted molar refractivity (Wildman–Crippen MR) is 171 cm³/mol. The van der Waals surface area contributed by atoms with Crippen LogP contribution in [0.2, 0.25) is 0 Å². The number of alkyl halides is 2. The zero-order valence-electron chi connectivity index (χ0n) is 27.1. The van der Waals surface area contributed by atoms with Crippen LogP contribution in [-0.2, 0) is 36.0 Å². The lowest BCUT2D eigenvalue weighted by atomic mass is 9.56. The van der Waals surface area contributed by atoms with E-state index in [1.54, 1.807) is 37.1 Å². The summed E-state index contributed by atoms with van der Waals surface area (Å²) in [6.45, 7) is 7.20. The standard InChI is InChI=1S/C35H42F2N8O2/c1-21(46)42-7-5-29-28(16-42)32(44-6-3-4-22-8-26(24-14-39-41(2)15-24)27(31(36)37)9-30(22)44)40-45(29)25-12-35(13-25)19-43(20-35)33(47)23-10-34(11-23)17-38-18-34/h8-9,14-15,23,25,31,38H,3-7,10-13,16-20H2,1-2H3. The summed E-state index contributed by atoms with van der Waals surface area (Å²) >= 11 is 0. The van der Waals surface area contributed by atoms with E-state index in [0.29, 0.717) is 42.1 Å². The number of likely N-dealkylation sites (tertiary alicyclic amines) is 1. The number of aryl methyl sites for hydroxylation is 2. The number of halogens is 2. The van der Waals surface area contributed by atoms with Crippen molar-refractivity contribution in [1.29, 1.82) is 0 Å². The molecule has 0 atom stereocenters. The number of amides is 2. The van der Waals surface area contributed by atoms with Gasteiger partial charge in [-0.15, -0.1) is 0 Å². The van der Waals surface area contributed by atoms with E-state index in [-0.39, 0.29) is 28.8 Å². The second kappa shape index (κ2) is 10.3. The Bertz CT molecular complexity index is 1770. The van der Waals surface area contributed by atoms with Gasteiger partial charge in [0.1, 0.15) is 0 Å². The predicted octanol–water partition coefficient (Wildman–Crippen LogP) is 4.37. The zero-order valence-corrected chi connectivity index (χ0v) is 27.1. The Morgan fingerprint density at radius 2 is 1.81 bits per heavy atom. The molecule has 4 fully saturated rings. The third kappa shape index (κ3) is 4.57. The first-order valence-corrected chi connectivity index (χ1v) is 17.2. The number of nitrogens with zero attached hydrogens (tertiary/aromatic N) is 7. The molecule has 10 nitrogen and oxygen atoms in total. The molecule has 248 valence electrons. The molecule has 1 N–H and O–H groups in total. The number of benzene rings is 1. The van der Waals surface area contributed by atoms with Crippen LogP contribution in [0.5, 0.6) is 0 Å². The molecule has 2 saturated carbocycles. The number of hydrogen-bond acceptors (Lipinski definition) is 6. The quantitative estimate of drug-likeness (QED) is 0.444. The third-order valence-corrected chi connectivity index (χ3v) is 12.1. The van der Waals surface area contributed by atoms with E-state index in [4.69, 9.17) is 5.10 Å². The summed E-state index contributed by atoms with van der Waals surface area (Å²) < 4.78 is 33.0. The number of rotatable bonds is 5. The number of nitrogens with one attached hydrogen (secondary N) is 1. The van der Waals surface area contributed by atoms with Crippen LogP contribution in [0.4, 0.5) is 20.3 Å². The zero-order chi connectivity index (χ0) is 32.2. The first kappa shape index (κ1) is 29.3. The number of anilines is 2. The lowest BCUT2D eigenvalue weighted by molar-refractivity contribution is -0.168. The molecule has 0 unspecified atom stereocenters. The molecule has 47 heavy (non-hydrogen) atoms. The highest BCUT2D eigenvalue weighted by Crippen LogP contribution is 2.57. The smallest absolute Gasteiger partial charge is 0.264 e.